The van der Waals surface area contributed by atoms with Gasteiger partial charge < -0.3 is 10.6 Å². The number of benzene rings is 1. The van der Waals surface area contributed by atoms with Crippen LogP contribution in [-0.2, 0) is 4.79 Å². The highest BCUT2D eigenvalue weighted by molar-refractivity contribution is 5.91. The molecule has 23 heavy (non-hydrogen) atoms. The Kier molecular flexibility index (Phi) is 5.70. The Bertz CT molecular complexity index is 682. The van der Waals surface area contributed by atoms with Gasteiger partial charge in [0.15, 0.2) is 0 Å². The van der Waals surface area contributed by atoms with E-state index in [-0.39, 0.29) is 11.8 Å². The molecule has 0 atom stereocenters. The molecule has 0 spiro atoms. The highest BCUT2D eigenvalue weighted by Gasteiger charge is 2.14. The monoisotopic (exact) mass is 308 g/mol. The van der Waals surface area contributed by atoms with Gasteiger partial charge in [0.2, 0.25) is 5.91 Å². The largest absolute Gasteiger partial charge is 0.354 e. The van der Waals surface area contributed by atoms with Crippen LogP contribution in [0.4, 0.5) is 17.2 Å². The molecule has 0 aliphatic rings. The molecular formula is C18H20N4O. The number of amides is 1. The molecule has 0 aliphatic heterocycles. The Morgan fingerprint density at radius 3 is 2.30 bits per heavy atom. The number of carbonyl (C=O) groups excluding carboxylic acids is 1. The second-order valence-electron chi connectivity index (χ2n) is 5.25. The fraction of sp³-hybridized carbons (Fsp3) is 0.278. The van der Waals surface area contributed by atoms with Gasteiger partial charge in [0.1, 0.15) is 5.82 Å². The van der Waals surface area contributed by atoms with E-state index in [2.05, 4.69) is 21.7 Å². The van der Waals surface area contributed by atoms with Gasteiger partial charge in [0.05, 0.1) is 23.5 Å². The second-order valence-corrected chi connectivity index (χ2v) is 5.25. The van der Waals surface area contributed by atoms with E-state index in [4.69, 9.17) is 5.26 Å². The molecule has 1 heterocycles. The third-order valence-electron chi connectivity index (χ3n) is 3.67. The first-order valence-electron chi connectivity index (χ1n) is 7.70. The van der Waals surface area contributed by atoms with E-state index in [1.54, 1.807) is 24.4 Å². The maximum absolute atomic E-state index is 12.0. The molecule has 2 rings (SSSR count). The number of rotatable bonds is 6. The molecule has 1 amide bonds. The van der Waals surface area contributed by atoms with Crippen LogP contribution in [-0.4, -0.2) is 10.9 Å². The zero-order valence-corrected chi connectivity index (χ0v) is 13.3. The molecule has 5 heteroatoms. The van der Waals surface area contributed by atoms with Crippen LogP contribution < -0.4 is 10.6 Å². The first kappa shape index (κ1) is 16.5. The molecule has 0 radical (unpaired) electrons. The summed E-state index contributed by atoms with van der Waals surface area (Å²) in [5, 5.41) is 14.8. The zero-order chi connectivity index (χ0) is 16.7. The highest BCUT2D eigenvalue weighted by Crippen LogP contribution is 2.18. The van der Waals surface area contributed by atoms with Crippen LogP contribution >= 0.6 is 0 Å². The third kappa shape index (κ3) is 4.55. The van der Waals surface area contributed by atoms with E-state index < -0.39 is 0 Å². The van der Waals surface area contributed by atoms with Crippen LogP contribution in [0.2, 0.25) is 0 Å². The van der Waals surface area contributed by atoms with Crippen LogP contribution in [0.25, 0.3) is 0 Å². The fourth-order valence-electron chi connectivity index (χ4n) is 2.22. The first-order chi connectivity index (χ1) is 11.2. The van der Waals surface area contributed by atoms with Gasteiger partial charge in [-0.2, -0.15) is 5.26 Å². The Morgan fingerprint density at radius 1 is 1.13 bits per heavy atom. The van der Waals surface area contributed by atoms with E-state index in [0.29, 0.717) is 11.4 Å². The summed E-state index contributed by atoms with van der Waals surface area (Å²) < 4.78 is 0. The molecular weight excluding hydrogens is 288 g/mol. The maximum Gasteiger partial charge on any atom is 0.228 e. The van der Waals surface area contributed by atoms with Crippen molar-refractivity contribution in [1.29, 1.82) is 5.26 Å². The average molecular weight is 308 g/mol. The van der Waals surface area contributed by atoms with Gasteiger partial charge in [-0.15, -0.1) is 0 Å². The summed E-state index contributed by atoms with van der Waals surface area (Å²) in [5.74, 6) is 0.579. The molecule has 0 saturated heterocycles. The first-order valence-corrected chi connectivity index (χ1v) is 7.70. The van der Waals surface area contributed by atoms with Crippen molar-refractivity contribution in [2.45, 2.75) is 26.7 Å². The summed E-state index contributed by atoms with van der Waals surface area (Å²) in [6.07, 6.45) is 3.31. The number of nitriles is 1. The van der Waals surface area contributed by atoms with Crippen LogP contribution in [0, 0.1) is 17.2 Å². The number of hydrogen-bond acceptors (Lipinski definition) is 4. The van der Waals surface area contributed by atoms with Crippen molar-refractivity contribution in [1.82, 2.24) is 4.98 Å². The zero-order valence-electron chi connectivity index (χ0n) is 13.3. The van der Waals surface area contributed by atoms with Crippen molar-refractivity contribution >= 4 is 23.1 Å². The normalized spacial score (nSPS) is 10.2. The van der Waals surface area contributed by atoms with Crippen LogP contribution in [0.3, 0.4) is 0 Å². The summed E-state index contributed by atoms with van der Waals surface area (Å²) in [5.41, 5.74) is 2.31. The summed E-state index contributed by atoms with van der Waals surface area (Å²) in [6.45, 7) is 4.01. The fourth-order valence-corrected chi connectivity index (χ4v) is 2.22. The van der Waals surface area contributed by atoms with Crippen LogP contribution in [0.15, 0.2) is 42.6 Å². The average Bonchev–Trinajstić information content (AvgIpc) is 2.58. The van der Waals surface area contributed by atoms with Crippen LogP contribution in [0.5, 0.6) is 0 Å². The Labute approximate surface area is 136 Å². The number of carbonyl (C=O) groups is 1. The minimum absolute atomic E-state index is 0.00954. The van der Waals surface area contributed by atoms with Gasteiger partial charge in [0, 0.05) is 11.6 Å². The molecule has 118 valence electrons. The molecule has 0 saturated carbocycles. The molecule has 0 aliphatic carbocycles. The lowest BCUT2D eigenvalue weighted by Gasteiger charge is -2.12. The quantitative estimate of drug-likeness (QED) is 0.843. The SMILES string of the molecule is CCC(CC)C(=O)Nc1ccc(Nc2ccc(C#N)cc2)cn1. The topological polar surface area (TPSA) is 77.8 Å². The van der Waals surface area contributed by atoms with E-state index in [0.717, 1.165) is 24.2 Å². The predicted octanol–water partition coefficient (Wildman–Crippen LogP) is 4.07. The highest BCUT2D eigenvalue weighted by atomic mass is 16.1. The lowest BCUT2D eigenvalue weighted by atomic mass is 10.0. The van der Waals surface area contributed by atoms with Crippen LogP contribution in [0.1, 0.15) is 32.3 Å². The van der Waals surface area contributed by atoms with Gasteiger partial charge in [-0.3, -0.25) is 4.79 Å². The lowest BCUT2D eigenvalue weighted by Crippen LogP contribution is -2.22. The van der Waals surface area contributed by atoms with Crippen molar-refractivity contribution in [2.75, 3.05) is 10.6 Å². The molecule has 5 nitrogen and oxygen atoms in total. The van der Waals surface area contributed by atoms with Crippen molar-refractivity contribution in [2.24, 2.45) is 5.92 Å². The van der Waals surface area contributed by atoms with Gasteiger partial charge in [-0.05, 0) is 49.2 Å². The van der Waals surface area contributed by atoms with Gasteiger partial charge in [-0.1, -0.05) is 13.8 Å². The maximum atomic E-state index is 12.0. The Balaban J connectivity index is 1.99. The van der Waals surface area contributed by atoms with E-state index in [1.807, 2.05) is 32.0 Å². The van der Waals surface area contributed by atoms with E-state index >= 15 is 0 Å². The number of nitrogens with zero attached hydrogens (tertiary/aromatic N) is 2. The number of nitrogens with one attached hydrogen (secondary N) is 2. The standard InChI is InChI=1S/C18H20N4O/c1-3-14(4-2)18(23)22-17-10-9-16(12-20-17)21-15-7-5-13(11-19)6-8-15/h5-10,12,14,21H,3-4H2,1-2H3,(H,20,22,23). The van der Waals surface area contributed by atoms with Crippen molar-refractivity contribution in [3.8, 4) is 6.07 Å². The molecule has 2 N–H and O–H groups in total. The summed E-state index contributed by atoms with van der Waals surface area (Å²) in [7, 11) is 0. The number of pyridine rings is 1. The molecule has 0 unspecified atom stereocenters. The summed E-state index contributed by atoms with van der Waals surface area (Å²) in [4.78, 5) is 16.3. The van der Waals surface area contributed by atoms with E-state index in [1.165, 1.54) is 0 Å². The molecule has 1 aromatic carbocycles. The van der Waals surface area contributed by atoms with Gasteiger partial charge >= 0.3 is 0 Å². The Hall–Kier alpha value is -2.87. The number of hydrogen-bond donors (Lipinski definition) is 2. The molecule has 0 bridgehead atoms. The summed E-state index contributed by atoms with van der Waals surface area (Å²) >= 11 is 0. The van der Waals surface area contributed by atoms with Gasteiger partial charge in [0.25, 0.3) is 0 Å². The van der Waals surface area contributed by atoms with Gasteiger partial charge in [-0.25, -0.2) is 4.98 Å². The predicted molar refractivity (Wildman–Crippen MR) is 91.4 cm³/mol. The molecule has 2 aromatic rings. The van der Waals surface area contributed by atoms with E-state index in [9.17, 15) is 4.79 Å². The van der Waals surface area contributed by atoms with Crippen molar-refractivity contribution in [3.05, 3.63) is 48.2 Å². The smallest absolute Gasteiger partial charge is 0.228 e. The molecule has 1 aromatic heterocycles. The lowest BCUT2D eigenvalue weighted by molar-refractivity contribution is -0.120. The van der Waals surface area contributed by atoms with Crippen molar-refractivity contribution < 1.29 is 4.79 Å². The van der Waals surface area contributed by atoms with Crippen molar-refractivity contribution in [3.63, 3.8) is 0 Å². The molecule has 0 fully saturated rings. The number of anilines is 3. The summed E-state index contributed by atoms with van der Waals surface area (Å²) in [6, 6.07) is 12.9. The number of aromatic nitrogens is 1. The second kappa shape index (κ2) is 7.95. The minimum Gasteiger partial charge on any atom is -0.354 e. The Morgan fingerprint density at radius 2 is 1.78 bits per heavy atom. The minimum atomic E-state index is 0.00954. The third-order valence-corrected chi connectivity index (χ3v) is 3.67.